The van der Waals surface area contributed by atoms with Crippen molar-refractivity contribution in [1.29, 1.82) is 5.26 Å². The molecular weight excluding hydrogens is 252 g/mol. The van der Waals surface area contributed by atoms with Crippen LogP contribution in [-0.4, -0.2) is 18.1 Å². The number of carbonyl (C=O) groups is 1. The highest BCUT2D eigenvalue weighted by molar-refractivity contribution is 5.95. The van der Waals surface area contributed by atoms with Crippen molar-refractivity contribution in [2.24, 2.45) is 5.92 Å². The Morgan fingerprint density at radius 3 is 2.75 bits per heavy atom. The third-order valence-corrected chi connectivity index (χ3v) is 3.33. The van der Waals surface area contributed by atoms with E-state index in [1.54, 1.807) is 25.1 Å². The fourth-order valence-corrected chi connectivity index (χ4v) is 1.56. The highest BCUT2D eigenvalue weighted by Gasteiger charge is 2.30. The fraction of sp³-hybridized carbons (Fsp3) is 0.500. The standard InChI is InChI=1S/C16H22N2O2/c1-5-9-20-14-8-6-7-13(10-14)15(19)18-16(4,11-17)12(2)3/h6-8,10,12H,5,9H2,1-4H3,(H,18,19). The molecule has 4 heteroatoms. The molecule has 1 aromatic carbocycles. The van der Waals surface area contributed by atoms with Gasteiger partial charge in [0.25, 0.3) is 5.91 Å². The van der Waals surface area contributed by atoms with Crippen molar-refractivity contribution in [2.75, 3.05) is 6.61 Å². The number of rotatable bonds is 6. The van der Waals surface area contributed by atoms with E-state index in [4.69, 9.17) is 4.74 Å². The maximum atomic E-state index is 12.2. The third-order valence-electron chi connectivity index (χ3n) is 3.33. The highest BCUT2D eigenvalue weighted by Crippen LogP contribution is 2.18. The highest BCUT2D eigenvalue weighted by atomic mass is 16.5. The Morgan fingerprint density at radius 1 is 1.50 bits per heavy atom. The van der Waals surface area contributed by atoms with Gasteiger partial charge in [-0.05, 0) is 37.5 Å². The van der Waals surface area contributed by atoms with E-state index >= 15 is 0 Å². The molecule has 0 aliphatic rings. The van der Waals surface area contributed by atoms with Crippen LogP contribution in [0.1, 0.15) is 44.5 Å². The molecule has 108 valence electrons. The molecule has 4 nitrogen and oxygen atoms in total. The van der Waals surface area contributed by atoms with Crippen molar-refractivity contribution < 1.29 is 9.53 Å². The molecule has 0 saturated heterocycles. The maximum Gasteiger partial charge on any atom is 0.252 e. The van der Waals surface area contributed by atoms with Crippen molar-refractivity contribution >= 4 is 5.91 Å². The van der Waals surface area contributed by atoms with E-state index in [1.807, 2.05) is 26.8 Å². The monoisotopic (exact) mass is 274 g/mol. The number of hydrogen-bond acceptors (Lipinski definition) is 3. The predicted octanol–water partition coefficient (Wildman–Crippen LogP) is 3.14. The average molecular weight is 274 g/mol. The first-order valence-corrected chi connectivity index (χ1v) is 6.89. The van der Waals surface area contributed by atoms with Gasteiger partial charge in [0.15, 0.2) is 0 Å². The van der Waals surface area contributed by atoms with E-state index in [0.29, 0.717) is 17.9 Å². The van der Waals surface area contributed by atoms with Gasteiger partial charge in [0.2, 0.25) is 0 Å². The fourth-order valence-electron chi connectivity index (χ4n) is 1.56. The summed E-state index contributed by atoms with van der Waals surface area (Å²) in [5, 5.41) is 12.0. The zero-order valence-electron chi connectivity index (χ0n) is 12.6. The van der Waals surface area contributed by atoms with Crippen molar-refractivity contribution in [3.63, 3.8) is 0 Å². The van der Waals surface area contributed by atoms with Crippen LogP contribution < -0.4 is 10.1 Å². The largest absolute Gasteiger partial charge is 0.494 e. The van der Waals surface area contributed by atoms with Crippen LogP contribution in [0.2, 0.25) is 0 Å². The lowest BCUT2D eigenvalue weighted by molar-refractivity contribution is 0.0907. The van der Waals surface area contributed by atoms with E-state index in [9.17, 15) is 10.1 Å². The molecule has 0 saturated carbocycles. The number of carbonyl (C=O) groups excluding carboxylic acids is 1. The van der Waals surface area contributed by atoms with Gasteiger partial charge in [0.05, 0.1) is 12.7 Å². The molecule has 1 rings (SSSR count). The number of hydrogen-bond donors (Lipinski definition) is 1. The summed E-state index contributed by atoms with van der Waals surface area (Å²) in [7, 11) is 0. The lowest BCUT2D eigenvalue weighted by atomic mass is 9.90. The van der Waals surface area contributed by atoms with Crippen molar-refractivity contribution in [2.45, 2.75) is 39.7 Å². The first-order chi connectivity index (χ1) is 9.42. The topological polar surface area (TPSA) is 62.1 Å². The Kier molecular flexibility index (Phi) is 5.57. The van der Waals surface area contributed by atoms with Gasteiger partial charge in [0.1, 0.15) is 11.3 Å². The lowest BCUT2D eigenvalue weighted by Crippen LogP contribution is -2.48. The SMILES string of the molecule is CCCOc1cccc(C(=O)NC(C)(C#N)C(C)C)c1. The summed E-state index contributed by atoms with van der Waals surface area (Å²) in [5.74, 6) is 0.434. The summed E-state index contributed by atoms with van der Waals surface area (Å²) in [5.41, 5.74) is -0.377. The number of nitrogens with zero attached hydrogens (tertiary/aromatic N) is 1. The average Bonchev–Trinajstić information content (AvgIpc) is 2.45. The summed E-state index contributed by atoms with van der Waals surface area (Å²) in [6.45, 7) is 8.19. The van der Waals surface area contributed by atoms with Gasteiger partial charge in [-0.2, -0.15) is 5.26 Å². The minimum absolute atomic E-state index is 0.0241. The van der Waals surface area contributed by atoms with Gasteiger partial charge in [-0.15, -0.1) is 0 Å². The second-order valence-electron chi connectivity index (χ2n) is 5.30. The molecule has 1 atom stereocenters. The normalized spacial score (nSPS) is 13.4. The van der Waals surface area contributed by atoms with E-state index < -0.39 is 5.54 Å². The van der Waals surface area contributed by atoms with E-state index in [0.717, 1.165) is 6.42 Å². The first kappa shape index (κ1) is 16.0. The second-order valence-corrected chi connectivity index (χ2v) is 5.30. The molecule has 1 unspecified atom stereocenters. The van der Waals surface area contributed by atoms with Crippen LogP contribution in [0.4, 0.5) is 0 Å². The molecule has 0 heterocycles. The number of amides is 1. The van der Waals surface area contributed by atoms with Crippen LogP contribution in [0.15, 0.2) is 24.3 Å². The Balaban J connectivity index is 2.85. The maximum absolute atomic E-state index is 12.2. The van der Waals surface area contributed by atoms with Crippen LogP contribution in [0, 0.1) is 17.2 Å². The molecule has 0 bridgehead atoms. The number of ether oxygens (including phenoxy) is 1. The van der Waals surface area contributed by atoms with Crippen LogP contribution >= 0.6 is 0 Å². The molecule has 0 aliphatic carbocycles. The number of benzene rings is 1. The summed E-state index contributed by atoms with van der Waals surface area (Å²) in [6.07, 6.45) is 0.913. The summed E-state index contributed by atoms with van der Waals surface area (Å²) >= 11 is 0. The molecule has 0 aliphatic heterocycles. The number of nitrogens with one attached hydrogen (secondary N) is 1. The molecule has 0 aromatic heterocycles. The summed E-state index contributed by atoms with van der Waals surface area (Å²) in [4.78, 5) is 12.2. The van der Waals surface area contributed by atoms with Gasteiger partial charge < -0.3 is 10.1 Å². The first-order valence-electron chi connectivity index (χ1n) is 6.89. The van der Waals surface area contributed by atoms with Crippen LogP contribution in [0.5, 0.6) is 5.75 Å². The predicted molar refractivity (Wildman–Crippen MR) is 78.6 cm³/mol. The molecule has 1 amide bonds. The van der Waals surface area contributed by atoms with E-state index in [-0.39, 0.29) is 11.8 Å². The Morgan fingerprint density at radius 2 is 2.20 bits per heavy atom. The van der Waals surface area contributed by atoms with Crippen LogP contribution in [-0.2, 0) is 0 Å². The molecular formula is C16H22N2O2. The molecule has 1 aromatic rings. The van der Waals surface area contributed by atoms with Gasteiger partial charge in [-0.1, -0.05) is 26.8 Å². The molecule has 0 radical (unpaired) electrons. The zero-order chi connectivity index (χ0) is 15.2. The van der Waals surface area contributed by atoms with Gasteiger partial charge in [-0.3, -0.25) is 4.79 Å². The minimum atomic E-state index is -0.878. The second kappa shape index (κ2) is 6.95. The third kappa shape index (κ3) is 3.99. The van der Waals surface area contributed by atoms with Crippen molar-refractivity contribution in [3.8, 4) is 11.8 Å². The van der Waals surface area contributed by atoms with E-state index in [1.165, 1.54) is 0 Å². The molecule has 0 fully saturated rings. The van der Waals surface area contributed by atoms with E-state index in [2.05, 4.69) is 11.4 Å². The smallest absolute Gasteiger partial charge is 0.252 e. The van der Waals surface area contributed by atoms with Gasteiger partial charge in [0, 0.05) is 5.56 Å². The van der Waals surface area contributed by atoms with Crippen LogP contribution in [0.3, 0.4) is 0 Å². The summed E-state index contributed by atoms with van der Waals surface area (Å²) in [6, 6.07) is 9.17. The van der Waals surface area contributed by atoms with Gasteiger partial charge in [-0.25, -0.2) is 0 Å². The molecule has 1 N–H and O–H groups in total. The summed E-state index contributed by atoms with van der Waals surface area (Å²) < 4.78 is 5.50. The minimum Gasteiger partial charge on any atom is -0.494 e. The van der Waals surface area contributed by atoms with Crippen molar-refractivity contribution in [1.82, 2.24) is 5.32 Å². The Hall–Kier alpha value is -2.02. The quantitative estimate of drug-likeness (QED) is 0.866. The lowest BCUT2D eigenvalue weighted by Gasteiger charge is -2.27. The van der Waals surface area contributed by atoms with Gasteiger partial charge >= 0.3 is 0 Å². The molecule has 0 spiro atoms. The molecule has 20 heavy (non-hydrogen) atoms. The number of nitriles is 1. The van der Waals surface area contributed by atoms with Crippen molar-refractivity contribution in [3.05, 3.63) is 29.8 Å². The zero-order valence-corrected chi connectivity index (χ0v) is 12.6. The Labute approximate surface area is 120 Å². The Bertz CT molecular complexity index is 505. The van der Waals surface area contributed by atoms with Crippen LogP contribution in [0.25, 0.3) is 0 Å².